The lowest BCUT2D eigenvalue weighted by Gasteiger charge is -2.31. The van der Waals surface area contributed by atoms with Gasteiger partial charge < -0.3 is 40.4 Å². The van der Waals surface area contributed by atoms with Gasteiger partial charge in [0, 0.05) is 80.1 Å². The number of hydrogen-bond acceptors (Lipinski definition) is 9. The summed E-state index contributed by atoms with van der Waals surface area (Å²) in [7, 11) is 1.71. The van der Waals surface area contributed by atoms with Gasteiger partial charge in [-0.1, -0.05) is 72.8 Å². The Bertz CT molecular complexity index is 2570. The molecule has 61 heavy (non-hydrogen) atoms. The van der Waals surface area contributed by atoms with Crippen molar-refractivity contribution in [2.24, 2.45) is 0 Å². The molecule has 2 heterocycles. The number of likely N-dealkylation sites (tertiary alicyclic amines) is 1. The summed E-state index contributed by atoms with van der Waals surface area (Å²) in [6, 6.07) is 36.2. The molecule has 13 nitrogen and oxygen atoms in total. The number of ether oxygens (including phenoxy) is 1. The second kappa shape index (κ2) is 19.5. The molecule has 5 aromatic carbocycles. The number of aromatic amines is 1. The molecule has 3 amide bonds. The molecule has 1 fully saturated rings. The van der Waals surface area contributed by atoms with Crippen LogP contribution in [0.5, 0.6) is 5.75 Å². The molecule has 1 aromatic heterocycles. The maximum Gasteiger partial charge on any atom is 0.411 e. The van der Waals surface area contributed by atoms with Crippen molar-refractivity contribution in [3.05, 3.63) is 154 Å². The molecule has 0 bridgehead atoms. The monoisotopic (exact) mass is 822 g/mol. The Morgan fingerprint density at radius 3 is 2.43 bits per heavy atom. The number of benzene rings is 5. The van der Waals surface area contributed by atoms with E-state index in [0.29, 0.717) is 79.0 Å². The third-order valence-corrected chi connectivity index (χ3v) is 11.0. The van der Waals surface area contributed by atoms with Crippen LogP contribution in [0.25, 0.3) is 22.0 Å². The predicted octanol–water partition coefficient (Wildman–Crippen LogP) is 7.35. The summed E-state index contributed by atoms with van der Waals surface area (Å²) in [5, 5.41) is 30.8. The summed E-state index contributed by atoms with van der Waals surface area (Å²) in [4.78, 5) is 57.6. The number of nitrogens with zero attached hydrogens (tertiary/aromatic N) is 2. The number of aryl methyl sites for hydroxylation is 1. The SMILES string of the molecule is Cc1cc(CNC[C@H](O)c2ccc(O)c3[nH]c(=O)ccc23)ccc1NC(=O)c1cccc(N(C)C(=O)CCN2CCC(OC(=O)Nc3ccccc3-c3ccccc3)CC2)c1. The molecule has 1 aliphatic heterocycles. The lowest BCUT2D eigenvalue weighted by molar-refractivity contribution is -0.118. The fourth-order valence-corrected chi connectivity index (χ4v) is 7.61. The van der Waals surface area contributed by atoms with Crippen LogP contribution in [0.2, 0.25) is 0 Å². The van der Waals surface area contributed by atoms with E-state index < -0.39 is 12.2 Å². The number of fused-ring (bicyclic) bond motifs is 1. The number of anilines is 3. The summed E-state index contributed by atoms with van der Waals surface area (Å²) in [6.45, 7) is 4.56. The predicted molar refractivity (Wildman–Crippen MR) is 238 cm³/mol. The molecule has 0 spiro atoms. The van der Waals surface area contributed by atoms with E-state index in [-0.39, 0.29) is 41.3 Å². The van der Waals surface area contributed by atoms with Crippen LogP contribution < -0.4 is 26.4 Å². The molecular formula is C48H50N6O7. The number of hydrogen-bond donors (Lipinski definition) is 6. The molecule has 314 valence electrons. The van der Waals surface area contributed by atoms with Crippen LogP contribution in [0.3, 0.4) is 0 Å². The largest absolute Gasteiger partial charge is 0.506 e. The normalized spacial score (nSPS) is 13.7. The van der Waals surface area contributed by atoms with E-state index in [1.807, 2.05) is 79.7 Å². The van der Waals surface area contributed by atoms with Gasteiger partial charge in [-0.3, -0.25) is 19.7 Å². The number of phenolic OH excluding ortho intramolecular Hbond substituents is 1. The van der Waals surface area contributed by atoms with Crippen molar-refractivity contribution in [1.29, 1.82) is 0 Å². The topological polar surface area (TPSA) is 176 Å². The lowest BCUT2D eigenvalue weighted by atomic mass is 10.0. The number of piperidine rings is 1. The minimum absolute atomic E-state index is 0.0661. The van der Waals surface area contributed by atoms with Crippen LogP contribution in [0.4, 0.5) is 21.9 Å². The van der Waals surface area contributed by atoms with Gasteiger partial charge in [-0.05, 0) is 84.5 Å². The third-order valence-electron chi connectivity index (χ3n) is 11.0. The number of aromatic nitrogens is 1. The first-order valence-corrected chi connectivity index (χ1v) is 20.4. The molecule has 1 aliphatic rings. The van der Waals surface area contributed by atoms with Crippen LogP contribution in [-0.4, -0.2) is 77.3 Å². The highest BCUT2D eigenvalue weighted by Crippen LogP contribution is 2.30. The first-order chi connectivity index (χ1) is 29.5. The van der Waals surface area contributed by atoms with Gasteiger partial charge in [-0.25, -0.2) is 4.79 Å². The minimum atomic E-state index is -0.888. The van der Waals surface area contributed by atoms with Crippen molar-refractivity contribution in [3.63, 3.8) is 0 Å². The molecule has 7 rings (SSSR count). The number of nitrogens with one attached hydrogen (secondary N) is 4. The first kappa shape index (κ1) is 42.3. The Hall–Kier alpha value is -6.80. The van der Waals surface area contributed by atoms with E-state index in [4.69, 9.17) is 4.74 Å². The van der Waals surface area contributed by atoms with Crippen molar-refractivity contribution in [2.75, 3.05) is 48.8 Å². The average Bonchev–Trinajstić information content (AvgIpc) is 3.27. The highest BCUT2D eigenvalue weighted by atomic mass is 16.6. The van der Waals surface area contributed by atoms with Crippen LogP contribution in [0.1, 0.15) is 52.4 Å². The van der Waals surface area contributed by atoms with Gasteiger partial charge in [-0.15, -0.1) is 0 Å². The van der Waals surface area contributed by atoms with Crippen LogP contribution in [0, 0.1) is 6.92 Å². The highest BCUT2D eigenvalue weighted by molar-refractivity contribution is 6.06. The van der Waals surface area contributed by atoms with E-state index in [0.717, 1.165) is 22.3 Å². The fourth-order valence-electron chi connectivity index (χ4n) is 7.61. The molecule has 6 aromatic rings. The van der Waals surface area contributed by atoms with Crippen molar-refractivity contribution >= 4 is 45.9 Å². The Kier molecular flexibility index (Phi) is 13.5. The van der Waals surface area contributed by atoms with Gasteiger partial charge in [0.05, 0.1) is 17.3 Å². The molecular weight excluding hydrogens is 773 g/mol. The van der Waals surface area contributed by atoms with Gasteiger partial charge in [0.1, 0.15) is 11.9 Å². The number of rotatable bonds is 14. The van der Waals surface area contributed by atoms with E-state index >= 15 is 0 Å². The zero-order chi connectivity index (χ0) is 42.9. The van der Waals surface area contributed by atoms with E-state index in [9.17, 15) is 29.4 Å². The van der Waals surface area contributed by atoms with Crippen molar-refractivity contribution < 1.29 is 29.3 Å². The molecule has 0 radical (unpaired) electrons. The molecule has 1 saturated heterocycles. The van der Waals surface area contributed by atoms with E-state index in [1.54, 1.807) is 48.3 Å². The summed E-state index contributed by atoms with van der Waals surface area (Å²) >= 11 is 0. The zero-order valence-corrected chi connectivity index (χ0v) is 34.2. The molecule has 0 aliphatic carbocycles. The van der Waals surface area contributed by atoms with E-state index in [2.05, 4.69) is 25.8 Å². The number of H-pyrrole nitrogens is 1. The van der Waals surface area contributed by atoms with Gasteiger partial charge in [0.15, 0.2) is 0 Å². The standard InChI is InChI=1S/C48H50N6O7/c1-31-27-32(29-49-30-43(56)38-16-19-42(55)46-39(38)17-20-44(57)52-46)15-18-40(31)50-47(59)34-11-8-12-35(28-34)53(2)45(58)23-26-54-24-21-36(22-25-54)61-48(60)51-41-14-7-6-13-37(41)33-9-4-3-5-10-33/h3-20,27-28,36,43,49,55-56H,21-26,29-30H2,1-2H3,(H,50,59)(H,51,60)(H,52,57)/t43-/m0/s1. The maximum absolute atomic E-state index is 13.4. The number of para-hydroxylation sites is 1. The highest BCUT2D eigenvalue weighted by Gasteiger charge is 2.24. The summed E-state index contributed by atoms with van der Waals surface area (Å²) < 4.78 is 5.78. The van der Waals surface area contributed by atoms with E-state index in [1.165, 1.54) is 12.1 Å². The fraction of sp³-hybridized carbons (Fsp3) is 0.250. The number of carbonyl (C=O) groups is 3. The third kappa shape index (κ3) is 10.7. The smallest absolute Gasteiger partial charge is 0.411 e. The number of amides is 3. The van der Waals surface area contributed by atoms with Crippen LogP contribution >= 0.6 is 0 Å². The Labute approximate surface area is 354 Å². The number of pyridine rings is 1. The van der Waals surface area contributed by atoms with Crippen LogP contribution in [0.15, 0.2) is 126 Å². The van der Waals surface area contributed by atoms with Crippen LogP contribution in [-0.2, 0) is 16.1 Å². The number of carbonyl (C=O) groups excluding carboxylic acids is 3. The van der Waals surface area contributed by atoms with Crippen molar-refractivity contribution in [1.82, 2.24) is 15.2 Å². The number of aliphatic hydroxyl groups is 1. The van der Waals surface area contributed by atoms with Crippen molar-refractivity contribution in [2.45, 2.75) is 44.9 Å². The Balaban J connectivity index is 0.844. The second-order valence-corrected chi connectivity index (χ2v) is 15.3. The Morgan fingerprint density at radius 1 is 0.869 bits per heavy atom. The molecule has 1 atom stereocenters. The molecule has 6 N–H and O–H groups in total. The summed E-state index contributed by atoms with van der Waals surface area (Å²) in [5.74, 6) is -0.446. The number of aromatic hydroxyl groups is 1. The van der Waals surface area contributed by atoms with Gasteiger partial charge in [0.25, 0.3) is 5.91 Å². The maximum atomic E-state index is 13.4. The summed E-state index contributed by atoms with van der Waals surface area (Å²) in [5.41, 5.74) is 6.61. The van der Waals surface area contributed by atoms with Gasteiger partial charge in [0.2, 0.25) is 11.5 Å². The summed E-state index contributed by atoms with van der Waals surface area (Å²) in [6.07, 6.45) is 0.0507. The second-order valence-electron chi connectivity index (χ2n) is 15.3. The first-order valence-electron chi connectivity index (χ1n) is 20.4. The quantitative estimate of drug-likeness (QED) is 0.0656. The minimum Gasteiger partial charge on any atom is -0.506 e. The molecule has 0 unspecified atom stereocenters. The van der Waals surface area contributed by atoms with Gasteiger partial charge in [-0.2, -0.15) is 0 Å². The number of aliphatic hydroxyl groups excluding tert-OH is 1. The molecule has 13 heteroatoms. The zero-order valence-electron chi connectivity index (χ0n) is 34.2. The average molecular weight is 823 g/mol. The van der Waals surface area contributed by atoms with Gasteiger partial charge >= 0.3 is 6.09 Å². The Morgan fingerprint density at radius 2 is 1.64 bits per heavy atom. The lowest BCUT2D eigenvalue weighted by Crippen LogP contribution is -2.40. The molecule has 0 saturated carbocycles. The number of phenols is 1. The van der Waals surface area contributed by atoms with Crippen molar-refractivity contribution in [3.8, 4) is 16.9 Å².